The number of rotatable bonds is 5. The highest BCUT2D eigenvalue weighted by Gasteiger charge is 2.18. The number of hydrogen-bond acceptors (Lipinski definition) is 6. The molecule has 3 aromatic heterocycles. The predicted molar refractivity (Wildman–Crippen MR) is 124 cm³/mol. The number of hydrogen-bond donors (Lipinski definition) is 1. The Morgan fingerprint density at radius 2 is 1.97 bits per heavy atom. The summed E-state index contributed by atoms with van der Waals surface area (Å²) in [5, 5.41) is 7.34. The van der Waals surface area contributed by atoms with Crippen LogP contribution in [-0.2, 0) is 11.3 Å². The van der Waals surface area contributed by atoms with Gasteiger partial charge in [0.1, 0.15) is 12.4 Å². The Hall–Kier alpha value is -4.66. The topological polar surface area (TPSA) is 103 Å². The van der Waals surface area contributed by atoms with Gasteiger partial charge in [-0.1, -0.05) is 29.4 Å². The number of para-hydroxylation sites is 1. The molecule has 0 aliphatic carbocycles. The van der Waals surface area contributed by atoms with Crippen molar-refractivity contribution in [2.45, 2.75) is 13.5 Å². The number of anilines is 1. The van der Waals surface area contributed by atoms with Crippen molar-refractivity contribution in [3.05, 3.63) is 94.8 Å². The van der Waals surface area contributed by atoms with E-state index in [-0.39, 0.29) is 12.4 Å². The Balaban J connectivity index is 1.51. The molecule has 1 amide bonds. The van der Waals surface area contributed by atoms with Gasteiger partial charge in [0.15, 0.2) is 0 Å². The molecule has 9 heteroatoms. The van der Waals surface area contributed by atoms with Gasteiger partial charge in [-0.2, -0.15) is 4.98 Å². The van der Waals surface area contributed by atoms with Crippen LogP contribution in [-0.4, -0.2) is 25.6 Å². The van der Waals surface area contributed by atoms with Gasteiger partial charge in [-0.05, 0) is 42.8 Å². The predicted octanol–water partition coefficient (Wildman–Crippen LogP) is 4.20. The van der Waals surface area contributed by atoms with Crippen molar-refractivity contribution >= 4 is 22.5 Å². The molecule has 0 atom stereocenters. The van der Waals surface area contributed by atoms with Crippen LogP contribution in [0, 0.1) is 12.7 Å². The third-order valence-corrected chi connectivity index (χ3v) is 5.37. The van der Waals surface area contributed by atoms with Crippen LogP contribution in [0.1, 0.15) is 5.56 Å². The minimum Gasteiger partial charge on any atom is -0.334 e. The lowest BCUT2D eigenvalue weighted by molar-refractivity contribution is -0.116. The second kappa shape index (κ2) is 8.70. The van der Waals surface area contributed by atoms with Crippen molar-refractivity contribution in [3.8, 4) is 22.8 Å². The third-order valence-electron chi connectivity index (χ3n) is 5.37. The van der Waals surface area contributed by atoms with E-state index >= 15 is 0 Å². The molecule has 0 radical (unpaired) electrons. The van der Waals surface area contributed by atoms with E-state index in [1.165, 1.54) is 22.8 Å². The molecule has 0 spiro atoms. The van der Waals surface area contributed by atoms with Crippen LogP contribution in [0.2, 0.25) is 0 Å². The number of aromatic nitrogens is 4. The molecule has 5 rings (SSSR count). The maximum absolute atomic E-state index is 13.6. The second-order valence-electron chi connectivity index (χ2n) is 7.67. The second-order valence-corrected chi connectivity index (χ2v) is 7.67. The Morgan fingerprint density at radius 3 is 2.79 bits per heavy atom. The normalized spacial score (nSPS) is 11.0. The Bertz CT molecular complexity index is 1580. The van der Waals surface area contributed by atoms with Crippen LogP contribution in [0.5, 0.6) is 0 Å². The quantitative estimate of drug-likeness (QED) is 0.426. The lowest BCUT2D eigenvalue weighted by Gasteiger charge is -2.13. The number of amides is 1. The van der Waals surface area contributed by atoms with E-state index in [1.807, 2.05) is 12.1 Å². The van der Waals surface area contributed by atoms with Gasteiger partial charge in [0.25, 0.3) is 11.4 Å². The number of halogens is 1. The van der Waals surface area contributed by atoms with Crippen molar-refractivity contribution in [2.24, 2.45) is 0 Å². The molecule has 168 valence electrons. The number of pyridine rings is 2. The molecular formula is C25H18FN5O3. The minimum absolute atomic E-state index is 0.180. The lowest BCUT2D eigenvalue weighted by Crippen LogP contribution is -2.28. The number of nitrogens with one attached hydrogen (secondary N) is 1. The number of aryl methyl sites for hydroxylation is 1. The molecular weight excluding hydrogens is 437 g/mol. The van der Waals surface area contributed by atoms with Crippen LogP contribution >= 0.6 is 0 Å². The fourth-order valence-corrected chi connectivity index (χ4v) is 3.68. The molecule has 0 saturated carbocycles. The molecule has 0 fully saturated rings. The molecule has 34 heavy (non-hydrogen) atoms. The van der Waals surface area contributed by atoms with Gasteiger partial charge in [-0.25, -0.2) is 4.39 Å². The van der Waals surface area contributed by atoms with Gasteiger partial charge in [0.05, 0.1) is 11.1 Å². The van der Waals surface area contributed by atoms with Crippen LogP contribution in [0.3, 0.4) is 0 Å². The van der Waals surface area contributed by atoms with Crippen molar-refractivity contribution < 1.29 is 13.7 Å². The number of carbonyl (C=O) groups is 1. The summed E-state index contributed by atoms with van der Waals surface area (Å²) in [6.07, 6.45) is 3.26. The van der Waals surface area contributed by atoms with Gasteiger partial charge >= 0.3 is 0 Å². The zero-order valence-corrected chi connectivity index (χ0v) is 18.0. The van der Waals surface area contributed by atoms with Crippen LogP contribution < -0.4 is 10.9 Å². The molecule has 0 aliphatic heterocycles. The fraction of sp³-hybridized carbons (Fsp3) is 0.0800. The summed E-state index contributed by atoms with van der Waals surface area (Å²) < 4.78 is 20.4. The first-order valence-electron chi connectivity index (χ1n) is 10.4. The van der Waals surface area contributed by atoms with Gasteiger partial charge in [0.2, 0.25) is 11.7 Å². The molecule has 0 aliphatic rings. The molecule has 0 unspecified atom stereocenters. The van der Waals surface area contributed by atoms with Gasteiger partial charge in [0, 0.05) is 35.1 Å². The molecule has 0 bridgehead atoms. The highest BCUT2D eigenvalue weighted by molar-refractivity contribution is 5.95. The minimum atomic E-state index is -0.460. The van der Waals surface area contributed by atoms with E-state index in [0.717, 1.165) is 0 Å². The molecule has 0 saturated heterocycles. The molecule has 8 nitrogen and oxygen atoms in total. The Kier molecular flexibility index (Phi) is 5.43. The Labute approximate surface area is 192 Å². The van der Waals surface area contributed by atoms with Crippen molar-refractivity contribution in [1.82, 2.24) is 19.7 Å². The molecule has 3 heterocycles. The maximum Gasteiger partial charge on any atom is 0.259 e. The number of benzene rings is 2. The summed E-state index contributed by atoms with van der Waals surface area (Å²) in [5.41, 5.74) is 2.31. The largest absolute Gasteiger partial charge is 0.334 e. The summed E-state index contributed by atoms with van der Waals surface area (Å²) in [6.45, 7) is 1.51. The first kappa shape index (κ1) is 21.2. The summed E-state index contributed by atoms with van der Waals surface area (Å²) in [4.78, 5) is 34.2. The first-order chi connectivity index (χ1) is 16.5. The first-order valence-corrected chi connectivity index (χ1v) is 10.4. The average Bonchev–Trinajstić information content (AvgIpc) is 3.34. The van der Waals surface area contributed by atoms with E-state index in [2.05, 4.69) is 20.4 Å². The van der Waals surface area contributed by atoms with Crippen LogP contribution in [0.25, 0.3) is 33.7 Å². The van der Waals surface area contributed by atoms with E-state index in [1.54, 1.807) is 49.6 Å². The standard InChI is InChI=1S/C25H18FN5O3/c1-15-8-9-17(26)11-20(15)28-22(32)14-31-21-7-3-2-6-18(21)19(12-23(31)33)25-29-24(30-34-25)16-5-4-10-27-13-16/h2-13H,14H2,1H3,(H,28,32). The summed E-state index contributed by atoms with van der Waals surface area (Å²) in [7, 11) is 0. The van der Waals surface area contributed by atoms with Crippen molar-refractivity contribution in [2.75, 3.05) is 5.32 Å². The van der Waals surface area contributed by atoms with E-state index in [0.29, 0.717) is 39.1 Å². The summed E-state index contributed by atoms with van der Waals surface area (Å²) in [5.74, 6) is -0.385. The van der Waals surface area contributed by atoms with E-state index < -0.39 is 17.3 Å². The SMILES string of the molecule is Cc1ccc(F)cc1NC(=O)Cn1c(=O)cc(-c2nc(-c3cccnc3)no2)c2ccccc21. The summed E-state index contributed by atoms with van der Waals surface area (Å²) >= 11 is 0. The van der Waals surface area contributed by atoms with Crippen molar-refractivity contribution in [1.29, 1.82) is 0 Å². The van der Waals surface area contributed by atoms with Gasteiger partial charge in [-0.15, -0.1) is 0 Å². The van der Waals surface area contributed by atoms with Crippen LogP contribution in [0.4, 0.5) is 10.1 Å². The van der Waals surface area contributed by atoms with Crippen LogP contribution in [0.15, 0.2) is 82.4 Å². The van der Waals surface area contributed by atoms with Gasteiger partial charge < -0.3 is 9.84 Å². The molecule has 1 N–H and O–H groups in total. The van der Waals surface area contributed by atoms with E-state index in [9.17, 15) is 14.0 Å². The highest BCUT2D eigenvalue weighted by atomic mass is 19.1. The average molecular weight is 455 g/mol. The summed E-state index contributed by atoms with van der Waals surface area (Å²) in [6, 6.07) is 16.2. The smallest absolute Gasteiger partial charge is 0.259 e. The third kappa shape index (κ3) is 4.06. The monoisotopic (exact) mass is 455 g/mol. The Morgan fingerprint density at radius 1 is 1.12 bits per heavy atom. The number of fused-ring (bicyclic) bond motifs is 1. The molecule has 2 aromatic carbocycles. The van der Waals surface area contributed by atoms with Gasteiger partial charge in [-0.3, -0.25) is 19.1 Å². The zero-order valence-electron chi connectivity index (χ0n) is 18.0. The van der Waals surface area contributed by atoms with E-state index in [4.69, 9.17) is 4.52 Å². The zero-order chi connectivity index (χ0) is 23.7. The van der Waals surface area contributed by atoms with Crippen molar-refractivity contribution in [3.63, 3.8) is 0 Å². The highest BCUT2D eigenvalue weighted by Crippen LogP contribution is 2.28. The molecule has 5 aromatic rings. The fourth-order valence-electron chi connectivity index (χ4n) is 3.68. The lowest BCUT2D eigenvalue weighted by atomic mass is 10.1. The maximum atomic E-state index is 13.6. The number of nitrogens with zero attached hydrogens (tertiary/aromatic N) is 4. The number of carbonyl (C=O) groups excluding carboxylic acids is 1.